The molecule has 0 bridgehead atoms. The Balaban J connectivity index is 3.13. The summed E-state index contributed by atoms with van der Waals surface area (Å²) in [7, 11) is -4.43. The van der Waals surface area contributed by atoms with E-state index in [1.165, 1.54) is 0 Å². The smallest absolute Gasteiger partial charge is 0.408 e. The normalized spacial score (nSPS) is 13.3. The highest BCUT2D eigenvalue weighted by atomic mass is 28.4. The van der Waals surface area contributed by atoms with Crippen molar-refractivity contribution >= 4 is 34.5 Å². The fourth-order valence-corrected chi connectivity index (χ4v) is 5.77. The van der Waals surface area contributed by atoms with Crippen LogP contribution in [0.4, 0.5) is 4.79 Å². The number of ether oxygens (including phenoxy) is 2. The van der Waals surface area contributed by atoms with Gasteiger partial charge in [-0.3, -0.25) is 9.59 Å². The molecule has 0 fully saturated rings. The molecule has 3 amide bonds. The van der Waals surface area contributed by atoms with Gasteiger partial charge in [-0.25, -0.2) is 4.79 Å². The molecule has 0 radical (unpaired) electrons. The van der Waals surface area contributed by atoms with Crippen molar-refractivity contribution in [1.29, 1.82) is 0 Å². The maximum Gasteiger partial charge on any atom is 0.408 e. The van der Waals surface area contributed by atoms with Crippen molar-refractivity contribution in [2.24, 2.45) is 0 Å². The standard InChI is InChI=1S/C36H65N3O7Si2/c1-26(2)31(40)37-20-16-22-43-23-17-21-38-32(41)28(39-33(42)44-34(3,4)5)24-27-18-19-29(45-47(12,13)35(6,7)8)30(25-27)46-48(14,15)36(9,10)11/h18-19,25,28H,1,16-17,20-24H2,2-15H3,(H,37,40)(H,38,41)(H,39,42). The van der Waals surface area contributed by atoms with Gasteiger partial charge in [0.05, 0.1) is 0 Å². The Morgan fingerprint density at radius 1 is 0.792 bits per heavy atom. The van der Waals surface area contributed by atoms with Crippen LogP contribution in [0.15, 0.2) is 30.4 Å². The van der Waals surface area contributed by atoms with E-state index in [-0.39, 0.29) is 28.3 Å². The summed E-state index contributed by atoms with van der Waals surface area (Å²) in [5.74, 6) is 0.880. The van der Waals surface area contributed by atoms with Gasteiger partial charge in [0.2, 0.25) is 11.8 Å². The lowest BCUT2D eigenvalue weighted by Gasteiger charge is -2.39. The van der Waals surface area contributed by atoms with Crippen LogP contribution in [0.25, 0.3) is 0 Å². The first-order valence-corrected chi connectivity index (χ1v) is 22.9. The number of nitrogens with one attached hydrogen (secondary N) is 3. The predicted octanol–water partition coefficient (Wildman–Crippen LogP) is 7.50. The summed E-state index contributed by atoms with van der Waals surface area (Å²) in [4.78, 5) is 37.8. The number of amides is 3. The molecule has 0 heterocycles. The zero-order valence-electron chi connectivity index (χ0n) is 32.3. The summed E-state index contributed by atoms with van der Waals surface area (Å²) in [6.45, 7) is 34.4. The zero-order valence-corrected chi connectivity index (χ0v) is 34.3. The summed E-state index contributed by atoms with van der Waals surface area (Å²) >= 11 is 0. The number of rotatable bonds is 17. The van der Waals surface area contributed by atoms with E-state index in [4.69, 9.17) is 18.3 Å². The average molecular weight is 708 g/mol. The molecule has 48 heavy (non-hydrogen) atoms. The number of alkyl carbamates (subject to hydrolysis) is 1. The van der Waals surface area contributed by atoms with Crippen molar-refractivity contribution in [3.8, 4) is 11.5 Å². The Morgan fingerprint density at radius 3 is 1.77 bits per heavy atom. The van der Waals surface area contributed by atoms with E-state index < -0.39 is 34.4 Å². The minimum absolute atomic E-state index is 0.00622. The molecule has 0 aliphatic heterocycles. The van der Waals surface area contributed by atoms with E-state index in [1.54, 1.807) is 27.7 Å². The second-order valence-corrected chi connectivity index (χ2v) is 26.0. The van der Waals surface area contributed by atoms with Gasteiger partial charge in [-0.1, -0.05) is 54.2 Å². The summed E-state index contributed by atoms with van der Waals surface area (Å²) in [5.41, 5.74) is 0.575. The third kappa shape index (κ3) is 15.2. The largest absolute Gasteiger partial charge is 0.541 e. The second-order valence-electron chi connectivity index (χ2n) is 16.6. The first kappa shape index (κ1) is 43.2. The van der Waals surface area contributed by atoms with Crippen molar-refractivity contribution in [2.75, 3.05) is 26.3 Å². The molecule has 1 rings (SSSR count). The molecule has 12 heteroatoms. The highest BCUT2D eigenvalue weighted by Crippen LogP contribution is 2.43. The van der Waals surface area contributed by atoms with Gasteiger partial charge in [-0.2, -0.15) is 0 Å². The number of carbonyl (C=O) groups is 3. The highest BCUT2D eigenvalue weighted by Gasteiger charge is 2.42. The molecule has 3 N–H and O–H groups in total. The van der Waals surface area contributed by atoms with E-state index in [2.05, 4.69) is 90.3 Å². The molecule has 0 aliphatic rings. The fraction of sp³-hybridized carbons (Fsp3) is 0.694. The van der Waals surface area contributed by atoms with Crippen molar-refractivity contribution in [2.45, 2.75) is 136 Å². The Hall–Kier alpha value is -2.84. The molecule has 10 nitrogen and oxygen atoms in total. The molecule has 274 valence electrons. The molecule has 0 aromatic heterocycles. The van der Waals surface area contributed by atoms with Gasteiger partial charge >= 0.3 is 6.09 Å². The van der Waals surface area contributed by atoms with Crippen LogP contribution in [0.3, 0.4) is 0 Å². The van der Waals surface area contributed by atoms with Crippen molar-refractivity contribution in [3.05, 3.63) is 35.9 Å². The molecule has 0 spiro atoms. The van der Waals surface area contributed by atoms with Crippen LogP contribution in [0.5, 0.6) is 11.5 Å². The third-order valence-electron chi connectivity index (χ3n) is 8.70. The second kappa shape index (κ2) is 17.7. The van der Waals surface area contributed by atoms with Gasteiger partial charge in [-0.05, 0) is 94.5 Å². The Bertz CT molecular complexity index is 1250. The molecule has 1 atom stereocenters. The number of hydrogen-bond donors (Lipinski definition) is 3. The third-order valence-corrected chi connectivity index (χ3v) is 17.4. The predicted molar refractivity (Wildman–Crippen MR) is 200 cm³/mol. The maximum atomic E-state index is 13.4. The first-order chi connectivity index (χ1) is 21.8. The molecule has 1 aromatic carbocycles. The van der Waals surface area contributed by atoms with E-state index in [0.717, 1.165) is 5.56 Å². The van der Waals surface area contributed by atoms with Gasteiger partial charge in [0.15, 0.2) is 0 Å². The average Bonchev–Trinajstić information content (AvgIpc) is 2.90. The van der Waals surface area contributed by atoms with Crippen LogP contribution in [0.2, 0.25) is 36.3 Å². The number of hydrogen-bond acceptors (Lipinski definition) is 7. The van der Waals surface area contributed by atoms with Gasteiger partial charge in [0.1, 0.15) is 23.1 Å². The van der Waals surface area contributed by atoms with Crippen LogP contribution >= 0.6 is 0 Å². The monoisotopic (exact) mass is 707 g/mol. The lowest BCUT2D eigenvalue weighted by molar-refractivity contribution is -0.123. The summed E-state index contributed by atoms with van der Waals surface area (Å²) < 4.78 is 24.7. The maximum absolute atomic E-state index is 13.4. The first-order valence-electron chi connectivity index (χ1n) is 17.1. The lowest BCUT2D eigenvalue weighted by Crippen LogP contribution is -2.49. The van der Waals surface area contributed by atoms with E-state index >= 15 is 0 Å². The minimum atomic E-state index is -2.25. The fourth-order valence-electron chi connectivity index (χ4n) is 3.73. The SMILES string of the molecule is C=C(C)C(=O)NCCCOCCCNC(=O)C(Cc1ccc(O[Si](C)(C)C(C)(C)C)c(O[Si](C)(C)C(C)(C)C)c1)NC(=O)OC(C)(C)C. The van der Waals surface area contributed by atoms with Crippen LogP contribution in [0.1, 0.15) is 87.6 Å². The van der Waals surface area contributed by atoms with Gasteiger partial charge < -0.3 is 34.3 Å². The quantitative estimate of drug-likeness (QED) is 0.0871. The number of benzene rings is 1. The molecular formula is C36H65N3O7Si2. The lowest BCUT2D eigenvalue weighted by atomic mass is 10.0. The molecule has 0 aliphatic carbocycles. The molecule has 1 aromatic rings. The molecule has 0 saturated heterocycles. The molecule has 1 unspecified atom stereocenters. The van der Waals surface area contributed by atoms with Crippen LogP contribution in [0, 0.1) is 0 Å². The van der Waals surface area contributed by atoms with Gasteiger partial charge in [0.25, 0.3) is 16.6 Å². The topological polar surface area (TPSA) is 124 Å². The van der Waals surface area contributed by atoms with Crippen molar-refractivity contribution < 1.29 is 32.7 Å². The Kier molecular flexibility index (Phi) is 15.9. The van der Waals surface area contributed by atoms with Crippen molar-refractivity contribution in [3.63, 3.8) is 0 Å². The van der Waals surface area contributed by atoms with Crippen LogP contribution < -0.4 is 24.8 Å². The van der Waals surface area contributed by atoms with Crippen LogP contribution in [-0.2, 0) is 25.5 Å². The minimum Gasteiger partial charge on any atom is -0.541 e. The molecule has 0 saturated carbocycles. The van der Waals surface area contributed by atoms with Gasteiger partial charge in [0, 0.05) is 38.3 Å². The summed E-state index contributed by atoms with van der Waals surface area (Å²) in [6, 6.07) is 4.94. The van der Waals surface area contributed by atoms with E-state index in [9.17, 15) is 14.4 Å². The summed E-state index contributed by atoms with van der Waals surface area (Å²) in [5, 5.41) is 8.43. The zero-order chi connectivity index (χ0) is 37.1. The van der Waals surface area contributed by atoms with E-state index in [0.29, 0.717) is 56.2 Å². The van der Waals surface area contributed by atoms with Crippen molar-refractivity contribution in [1.82, 2.24) is 16.0 Å². The van der Waals surface area contributed by atoms with E-state index in [1.807, 2.05) is 18.2 Å². The molecular weight excluding hydrogens is 643 g/mol. The van der Waals surface area contributed by atoms with Crippen LogP contribution in [-0.4, -0.2) is 72.5 Å². The Labute approximate surface area is 292 Å². The summed E-state index contributed by atoms with van der Waals surface area (Å²) in [6.07, 6.45) is 0.827. The van der Waals surface area contributed by atoms with Gasteiger partial charge in [-0.15, -0.1) is 0 Å². The highest BCUT2D eigenvalue weighted by molar-refractivity contribution is 6.75. The number of carbonyl (C=O) groups excluding carboxylic acids is 3. The Morgan fingerprint density at radius 2 is 1.29 bits per heavy atom.